The second kappa shape index (κ2) is 10.1. The van der Waals surface area contributed by atoms with Crippen molar-refractivity contribution in [2.24, 2.45) is 10.7 Å². The van der Waals surface area contributed by atoms with Gasteiger partial charge in [-0.2, -0.15) is 0 Å². The number of rotatable bonds is 7. The lowest BCUT2D eigenvalue weighted by atomic mass is 10.1. The minimum Gasteiger partial charge on any atom is -0.370 e. The standard InChI is InChI=1S/C21H35FN6/c1-3-26-10-12-28(13-11-26)20-8-7-17(14-19(20)22)15-24-21(23)25-16-18-6-5-9-27(18)4-2/h7-8,14,18H,3-6,9-13,15-16H2,1-2H3,(H3,23,24,25). The van der Waals surface area contributed by atoms with Crippen molar-refractivity contribution >= 4 is 11.6 Å². The van der Waals surface area contributed by atoms with Crippen molar-refractivity contribution < 1.29 is 4.39 Å². The number of hydrogen-bond acceptors (Lipinski definition) is 4. The highest BCUT2D eigenvalue weighted by molar-refractivity contribution is 5.77. The highest BCUT2D eigenvalue weighted by Crippen LogP contribution is 2.22. The summed E-state index contributed by atoms with van der Waals surface area (Å²) in [6, 6.07) is 5.96. The molecule has 2 aliphatic rings. The van der Waals surface area contributed by atoms with E-state index >= 15 is 0 Å². The summed E-state index contributed by atoms with van der Waals surface area (Å²) < 4.78 is 14.6. The van der Waals surface area contributed by atoms with Crippen LogP contribution in [0.15, 0.2) is 23.2 Å². The van der Waals surface area contributed by atoms with Crippen LogP contribution in [0.25, 0.3) is 0 Å². The molecule has 0 aromatic heterocycles. The molecular formula is C21H35FN6. The van der Waals surface area contributed by atoms with Gasteiger partial charge in [0.15, 0.2) is 5.96 Å². The molecule has 1 aromatic rings. The topological polar surface area (TPSA) is 60.1 Å². The second-order valence-electron chi connectivity index (χ2n) is 7.71. The number of nitrogens with two attached hydrogens (primary N) is 1. The lowest BCUT2D eigenvalue weighted by molar-refractivity contribution is 0.267. The van der Waals surface area contributed by atoms with Crippen LogP contribution in [0.2, 0.25) is 0 Å². The summed E-state index contributed by atoms with van der Waals surface area (Å²) in [5.74, 6) is 0.261. The van der Waals surface area contributed by atoms with Crippen LogP contribution in [-0.2, 0) is 6.54 Å². The highest BCUT2D eigenvalue weighted by Gasteiger charge is 2.22. The number of likely N-dealkylation sites (tertiary alicyclic amines) is 1. The first-order valence-corrected chi connectivity index (χ1v) is 10.6. The van der Waals surface area contributed by atoms with Gasteiger partial charge in [-0.25, -0.2) is 9.38 Å². The molecular weight excluding hydrogens is 355 g/mol. The van der Waals surface area contributed by atoms with Crippen LogP contribution < -0.4 is 16.0 Å². The largest absolute Gasteiger partial charge is 0.370 e. The molecule has 1 atom stereocenters. The van der Waals surface area contributed by atoms with E-state index in [2.05, 4.69) is 38.9 Å². The highest BCUT2D eigenvalue weighted by atomic mass is 19.1. The number of halogens is 1. The maximum absolute atomic E-state index is 14.6. The van der Waals surface area contributed by atoms with Crippen molar-refractivity contribution in [3.63, 3.8) is 0 Å². The van der Waals surface area contributed by atoms with Crippen molar-refractivity contribution in [1.29, 1.82) is 0 Å². The molecule has 0 spiro atoms. The van der Waals surface area contributed by atoms with Crippen LogP contribution in [0.1, 0.15) is 32.3 Å². The van der Waals surface area contributed by atoms with Gasteiger partial charge in [0.2, 0.25) is 0 Å². The van der Waals surface area contributed by atoms with Crippen LogP contribution in [0.3, 0.4) is 0 Å². The zero-order valence-corrected chi connectivity index (χ0v) is 17.3. The van der Waals surface area contributed by atoms with E-state index in [4.69, 9.17) is 5.73 Å². The fourth-order valence-electron chi connectivity index (χ4n) is 4.21. The van der Waals surface area contributed by atoms with Gasteiger partial charge in [0.25, 0.3) is 0 Å². The van der Waals surface area contributed by atoms with Gasteiger partial charge in [0.05, 0.1) is 12.2 Å². The fraction of sp³-hybridized carbons (Fsp3) is 0.667. The van der Waals surface area contributed by atoms with Crippen molar-refractivity contribution in [2.45, 2.75) is 39.3 Å². The maximum Gasteiger partial charge on any atom is 0.188 e. The van der Waals surface area contributed by atoms with E-state index < -0.39 is 0 Å². The molecule has 0 bridgehead atoms. The Morgan fingerprint density at radius 2 is 1.96 bits per heavy atom. The van der Waals surface area contributed by atoms with Crippen molar-refractivity contribution in [3.05, 3.63) is 29.6 Å². The van der Waals surface area contributed by atoms with E-state index in [1.54, 1.807) is 6.07 Å². The third kappa shape index (κ3) is 5.35. The molecule has 3 N–H and O–H groups in total. The minimum absolute atomic E-state index is 0.172. The summed E-state index contributed by atoms with van der Waals surface area (Å²) in [6.45, 7) is 12.6. The maximum atomic E-state index is 14.6. The number of benzene rings is 1. The fourth-order valence-corrected chi connectivity index (χ4v) is 4.21. The van der Waals surface area contributed by atoms with Crippen LogP contribution in [-0.4, -0.2) is 74.2 Å². The Kier molecular flexibility index (Phi) is 7.50. The molecule has 2 heterocycles. The van der Waals surface area contributed by atoms with Crippen molar-refractivity contribution in [1.82, 2.24) is 15.1 Å². The van der Waals surface area contributed by atoms with Gasteiger partial charge in [-0.05, 0) is 50.2 Å². The number of aliphatic imine (C=N–C) groups is 1. The monoisotopic (exact) mass is 390 g/mol. The molecule has 1 aromatic carbocycles. The summed E-state index contributed by atoms with van der Waals surface area (Å²) in [6.07, 6.45) is 2.45. The summed E-state index contributed by atoms with van der Waals surface area (Å²) in [4.78, 5) is 11.4. The molecule has 6 nitrogen and oxygen atoms in total. The van der Waals surface area contributed by atoms with Crippen LogP contribution in [0, 0.1) is 5.82 Å². The first kappa shape index (κ1) is 20.9. The van der Waals surface area contributed by atoms with E-state index in [1.165, 1.54) is 19.4 Å². The molecule has 0 aliphatic carbocycles. The van der Waals surface area contributed by atoms with Crippen molar-refractivity contribution in [3.8, 4) is 0 Å². The summed E-state index contributed by atoms with van der Waals surface area (Å²) >= 11 is 0. The molecule has 28 heavy (non-hydrogen) atoms. The number of anilines is 1. The van der Waals surface area contributed by atoms with E-state index in [1.807, 2.05) is 12.1 Å². The van der Waals surface area contributed by atoms with Gasteiger partial charge in [-0.15, -0.1) is 0 Å². The number of guanidine groups is 1. The molecule has 0 amide bonds. The number of nitrogens with one attached hydrogen (secondary N) is 1. The first-order chi connectivity index (χ1) is 13.6. The predicted octanol–water partition coefficient (Wildman–Crippen LogP) is 1.86. The Morgan fingerprint density at radius 1 is 1.18 bits per heavy atom. The van der Waals surface area contributed by atoms with Crippen LogP contribution >= 0.6 is 0 Å². The SMILES string of the molecule is CCN1CCN(c2ccc(CN=C(N)NCC3CCCN3CC)cc2F)CC1. The lowest BCUT2D eigenvalue weighted by Gasteiger charge is -2.35. The molecule has 2 saturated heterocycles. The lowest BCUT2D eigenvalue weighted by Crippen LogP contribution is -2.46. The average molecular weight is 391 g/mol. The van der Waals surface area contributed by atoms with Gasteiger partial charge in [-0.3, -0.25) is 4.90 Å². The average Bonchev–Trinajstić information content (AvgIpc) is 3.18. The quantitative estimate of drug-likeness (QED) is 0.550. The van der Waals surface area contributed by atoms with Crippen molar-refractivity contribution in [2.75, 3.05) is 57.3 Å². The van der Waals surface area contributed by atoms with Gasteiger partial charge in [-0.1, -0.05) is 19.9 Å². The second-order valence-corrected chi connectivity index (χ2v) is 7.71. The molecule has 1 unspecified atom stereocenters. The Morgan fingerprint density at radius 3 is 2.64 bits per heavy atom. The van der Waals surface area contributed by atoms with Crippen LogP contribution in [0.5, 0.6) is 0 Å². The molecule has 3 rings (SSSR count). The minimum atomic E-state index is -0.172. The summed E-state index contributed by atoms with van der Waals surface area (Å²) in [7, 11) is 0. The normalized spacial score (nSPS) is 22.0. The third-order valence-corrected chi connectivity index (χ3v) is 6.03. The zero-order chi connectivity index (χ0) is 19.9. The third-order valence-electron chi connectivity index (χ3n) is 6.03. The van der Waals surface area contributed by atoms with Gasteiger partial charge in [0, 0.05) is 38.8 Å². The van der Waals surface area contributed by atoms with Gasteiger partial charge < -0.3 is 20.9 Å². The Hall–Kier alpha value is -1.86. The van der Waals surface area contributed by atoms with E-state index in [0.717, 1.165) is 51.4 Å². The zero-order valence-electron chi connectivity index (χ0n) is 17.3. The Balaban J connectivity index is 1.50. The van der Waals surface area contributed by atoms with Gasteiger partial charge in [0.1, 0.15) is 5.82 Å². The van der Waals surface area contributed by atoms with E-state index in [9.17, 15) is 4.39 Å². The molecule has 7 heteroatoms. The van der Waals surface area contributed by atoms with Gasteiger partial charge >= 0.3 is 0 Å². The van der Waals surface area contributed by atoms with Crippen LogP contribution in [0.4, 0.5) is 10.1 Å². The molecule has 0 saturated carbocycles. The Labute approximate surface area is 168 Å². The number of piperazine rings is 1. The molecule has 2 fully saturated rings. The summed E-state index contributed by atoms with van der Waals surface area (Å²) in [5.41, 5.74) is 7.54. The molecule has 2 aliphatic heterocycles. The van der Waals surface area contributed by atoms with E-state index in [-0.39, 0.29) is 5.82 Å². The Bertz CT molecular complexity index is 656. The molecule has 156 valence electrons. The number of nitrogens with zero attached hydrogens (tertiary/aromatic N) is 4. The van der Waals surface area contributed by atoms with E-state index in [0.29, 0.717) is 24.2 Å². The number of hydrogen-bond donors (Lipinski definition) is 2. The summed E-state index contributed by atoms with van der Waals surface area (Å²) in [5, 5.41) is 3.23. The number of likely N-dealkylation sites (N-methyl/N-ethyl adjacent to an activating group) is 2. The molecule has 0 radical (unpaired) electrons. The predicted molar refractivity (Wildman–Crippen MR) is 114 cm³/mol. The smallest absolute Gasteiger partial charge is 0.188 e. The first-order valence-electron chi connectivity index (χ1n) is 10.6.